The molecule has 0 fully saturated rings. The van der Waals surface area contributed by atoms with E-state index in [0.717, 1.165) is 18.4 Å². The molecule has 6 heteroatoms. The van der Waals surface area contributed by atoms with E-state index in [2.05, 4.69) is 15.5 Å². The van der Waals surface area contributed by atoms with E-state index >= 15 is 0 Å². The van der Waals surface area contributed by atoms with Gasteiger partial charge < -0.3 is 14.6 Å². The van der Waals surface area contributed by atoms with Gasteiger partial charge in [0.1, 0.15) is 5.75 Å². The van der Waals surface area contributed by atoms with Crippen LogP contribution in [0.2, 0.25) is 0 Å². The highest BCUT2D eigenvalue weighted by Gasteiger charge is 2.15. The lowest BCUT2D eigenvalue weighted by atomic mass is 10.0. The van der Waals surface area contributed by atoms with Gasteiger partial charge in [-0.2, -0.15) is 4.98 Å². The number of benzene rings is 1. The lowest BCUT2D eigenvalue weighted by Crippen LogP contribution is -2.31. The van der Waals surface area contributed by atoms with Crippen molar-refractivity contribution in [2.24, 2.45) is 5.92 Å². The van der Waals surface area contributed by atoms with Gasteiger partial charge in [-0.05, 0) is 25.0 Å². The van der Waals surface area contributed by atoms with Gasteiger partial charge in [0, 0.05) is 18.9 Å². The first-order chi connectivity index (χ1) is 11.2. The fourth-order valence-electron chi connectivity index (χ4n) is 2.39. The number of carbonyl (C=O) groups is 1. The quantitative estimate of drug-likeness (QED) is 0.810. The first kappa shape index (κ1) is 17.0. The summed E-state index contributed by atoms with van der Waals surface area (Å²) in [5, 5.41) is 6.89. The van der Waals surface area contributed by atoms with Crippen molar-refractivity contribution in [2.75, 3.05) is 13.7 Å². The van der Waals surface area contributed by atoms with Crippen molar-refractivity contribution in [1.82, 2.24) is 15.5 Å². The van der Waals surface area contributed by atoms with Gasteiger partial charge in [-0.15, -0.1) is 0 Å². The lowest BCUT2D eigenvalue weighted by Gasteiger charge is -2.11. The van der Waals surface area contributed by atoms with Gasteiger partial charge in [-0.25, -0.2) is 0 Å². The van der Waals surface area contributed by atoms with E-state index in [1.807, 2.05) is 38.1 Å². The molecular weight excluding hydrogens is 294 g/mol. The lowest BCUT2D eigenvalue weighted by molar-refractivity contribution is -0.125. The molecule has 0 aliphatic rings. The SMILES string of the molecule is CCC(CC)C(=O)NCCc1nc(-c2ccccc2OC)no1. The second-order valence-electron chi connectivity index (χ2n) is 5.27. The molecule has 0 radical (unpaired) electrons. The molecule has 2 aromatic rings. The Morgan fingerprint density at radius 1 is 1.30 bits per heavy atom. The first-order valence-electron chi connectivity index (χ1n) is 7.93. The van der Waals surface area contributed by atoms with Crippen LogP contribution < -0.4 is 10.1 Å². The summed E-state index contributed by atoms with van der Waals surface area (Å²) in [6, 6.07) is 7.50. The molecule has 2 rings (SSSR count). The Balaban J connectivity index is 1.94. The molecule has 1 amide bonds. The number of para-hydroxylation sites is 1. The summed E-state index contributed by atoms with van der Waals surface area (Å²) in [6.07, 6.45) is 2.20. The van der Waals surface area contributed by atoms with E-state index in [1.165, 1.54) is 0 Å². The van der Waals surface area contributed by atoms with Crippen molar-refractivity contribution >= 4 is 5.91 Å². The van der Waals surface area contributed by atoms with Gasteiger partial charge in [0.25, 0.3) is 0 Å². The number of carbonyl (C=O) groups excluding carboxylic acids is 1. The zero-order valence-electron chi connectivity index (χ0n) is 13.8. The average molecular weight is 317 g/mol. The van der Waals surface area contributed by atoms with E-state index in [4.69, 9.17) is 9.26 Å². The fraction of sp³-hybridized carbons (Fsp3) is 0.471. The highest BCUT2D eigenvalue weighted by molar-refractivity contribution is 5.78. The minimum absolute atomic E-state index is 0.0711. The number of amides is 1. The molecular formula is C17H23N3O3. The number of nitrogens with one attached hydrogen (secondary N) is 1. The van der Waals surface area contributed by atoms with Crippen LogP contribution in [0, 0.1) is 5.92 Å². The first-order valence-corrected chi connectivity index (χ1v) is 7.93. The van der Waals surface area contributed by atoms with Crippen LogP contribution in [-0.4, -0.2) is 29.7 Å². The average Bonchev–Trinajstić information content (AvgIpc) is 3.04. The summed E-state index contributed by atoms with van der Waals surface area (Å²) in [5.74, 6) is 1.84. The molecule has 1 N–H and O–H groups in total. The minimum atomic E-state index is 0.0711. The summed E-state index contributed by atoms with van der Waals surface area (Å²) in [7, 11) is 1.60. The van der Waals surface area contributed by atoms with Gasteiger partial charge in [-0.1, -0.05) is 31.1 Å². The maximum absolute atomic E-state index is 11.9. The second kappa shape index (κ2) is 8.31. The van der Waals surface area contributed by atoms with Crippen LogP contribution >= 0.6 is 0 Å². The number of hydrogen-bond donors (Lipinski definition) is 1. The van der Waals surface area contributed by atoms with Crippen molar-refractivity contribution in [3.8, 4) is 17.1 Å². The standard InChI is InChI=1S/C17H23N3O3/c1-4-12(5-2)17(21)18-11-10-15-19-16(20-23-15)13-8-6-7-9-14(13)22-3/h6-9,12H,4-5,10-11H2,1-3H3,(H,18,21). The maximum Gasteiger partial charge on any atom is 0.228 e. The Labute approximate surface area is 136 Å². The van der Waals surface area contributed by atoms with Crippen LogP contribution in [0.3, 0.4) is 0 Å². The summed E-state index contributed by atoms with van der Waals surface area (Å²) in [5.41, 5.74) is 0.783. The molecule has 124 valence electrons. The molecule has 0 unspecified atom stereocenters. The largest absolute Gasteiger partial charge is 0.496 e. The maximum atomic E-state index is 11.9. The zero-order valence-corrected chi connectivity index (χ0v) is 13.8. The smallest absolute Gasteiger partial charge is 0.228 e. The molecule has 0 saturated heterocycles. The fourth-order valence-corrected chi connectivity index (χ4v) is 2.39. The number of ether oxygens (including phenoxy) is 1. The summed E-state index contributed by atoms with van der Waals surface area (Å²) < 4.78 is 10.5. The van der Waals surface area contributed by atoms with E-state index in [9.17, 15) is 4.79 Å². The summed E-state index contributed by atoms with van der Waals surface area (Å²) in [6.45, 7) is 4.53. The van der Waals surface area contributed by atoms with Gasteiger partial charge in [0.2, 0.25) is 17.6 Å². The van der Waals surface area contributed by atoms with E-state index in [0.29, 0.717) is 30.4 Å². The molecule has 1 aromatic heterocycles. The topological polar surface area (TPSA) is 77.2 Å². The zero-order chi connectivity index (χ0) is 16.7. The van der Waals surface area contributed by atoms with E-state index in [-0.39, 0.29) is 11.8 Å². The van der Waals surface area contributed by atoms with Crippen LogP contribution in [0.15, 0.2) is 28.8 Å². The Kier molecular flexibility index (Phi) is 6.14. The highest BCUT2D eigenvalue weighted by Crippen LogP contribution is 2.26. The van der Waals surface area contributed by atoms with Gasteiger partial charge in [-0.3, -0.25) is 4.79 Å². The highest BCUT2D eigenvalue weighted by atomic mass is 16.5. The van der Waals surface area contributed by atoms with Crippen LogP contribution in [0.25, 0.3) is 11.4 Å². The predicted molar refractivity (Wildman–Crippen MR) is 87.1 cm³/mol. The van der Waals surface area contributed by atoms with Crippen molar-refractivity contribution < 1.29 is 14.1 Å². The normalized spacial score (nSPS) is 10.8. The third-order valence-corrected chi connectivity index (χ3v) is 3.81. The molecule has 0 atom stereocenters. The Morgan fingerprint density at radius 2 is 2.04 bits per heavy atom. The number of aromatic nitrogens is 2. The Morgan fingerprint density at radius 3 is 2.74 bits per heavy atom. The molecule has 0 bridgehead atoms. The van der Waals surface area contributed by atoms with Crippen LogP contribution in [0.5, 0.6) is 5.75 Å². The van der Waals surface area contributed by atoms with Crippen molar-refractivity contribution in [3.63, 3.8) is 0 Å². The number of hydrogen-bond acceptors (Lipinski definition) is 5. The van der Waals surface area contributed by atoms with Crippen molar-refractivity contribution in [1.29, 1.82) is 0 Å². The number of nitrogens with zero attached hydrogens (tertiary/aromatic N) is 2. The van der Waals surface area contributed by atoms with Gasteiger partial charge in [0.05, 0.1) is 12.7 Å². The summed E-state index contributed by atoms with van der Waals surface area (Å²) >= 11 is 0. The third-order valence-electron chi connectivity index (χ3n) is 3.81. The molecule has 6 nitrogen and oxygen atoms in total. The number of rotatable bonds is 8. The van der Waals surface area contributed by atoms with Crippen LogP contribution in [0.1, 0.15) is 32.6 Å². The molecule has 1 heterocycles. The Bertz CT molecular complexity index is 636. The monoisotopic (exact) mass is 317 g/mol. The molecule has 23 heavy (non-hydrogen) atoms. The summed E-state index contributed by atoms with van der Waals surface area (Å²) in [4.78, 5) is 16.3. The predicted octanol–water partition coefficient (Wildman–Crippen LogP) is 2.84. The molecule has 0 aliphatic heterocycles. The second-order valence-corrected chi connectivity index (χ2v) is 5.27. The number of methoxy groups -OCH3 is 1. The van der Waals surface area contributed by atoms with E-state index < -0.39 is 0 Å². The molecule has 1 aromatic carbocycles. The van der Waals surface area contributed by atoms with E-state index in [1.54, 1.807) is 7.11 Å². The van der Waals surface area contributed by atoms with Crippen LogP contribution in [0.4, 0.5) is 0 Å². The van der Waals surface area contributed by atoms with Crippen molar-refractivity contribution in [3.05, 3.63) is 30.2 Å². The molecule has 0 spiro atoms. The van der Waals surface area contributed by atoms with Crippen LogP contribution in [-0.2, 0) is 11.2 Å². The molecule has 0 aliphatic carbocycles. The molecule has 0 saturated carbocycles. The third kappa shape index (κ3) is 4.31. The minimum Gasteiger partial charge on any atom is -0.496 e. The Hall–Kier alpha value is -2.37. The van der Waals surface area contributed by atoms with Gasteiger partial charge in [0.15, 0.2) is 0 Å². The van der Waals surface area contributed by atoms with Crippen molar-refractivity contribution in [2.45, 2.75) is 33.1 Å². The van der Waals surface area contributed by atoms with Gasteiger partial charge >= 0.3 is 0 Å².